The third-order valence-electron chi connectivity index (χ3n) is 6.90. The molecule has 2 amide bonds. The number of hydrogen-bond donors (Lipinski definition) is 1. The Morgan fingerprint density at radius 3 is 2.38 bits per heavy atom. The first-order valence-corrected chi connectivity index (χ1v) is 12.5. The number of halogens is 1. The van der Waals surface area contributed by atoms with Gasteiger partial charge in [-0.2, -0.15) is 5.10 Å². The molecule has 3 heterocycles. The zero-order valence-electron chi connectivity index (χ0n) is 21.2. The summed E-state index contributed by atoms with van der Waals surface area (Å²) in [4.78, 5) is 28.7. The van der Waals surface area contributed by atoms with Crippen LogP contribution in [0.25, 0.3) is 11.5 Å². The molecule has 2 aromatic carbocycles. The van der Waals surface area contributed by atoms with E-state index in [0.29, 0.717) is 30.2 Å². The number of amides is 2. The van der Waals surface area contributed by atoms with Crippen LogP contribution < -0.4 is 5.32 Å². The first-order valence-electron chi connectivity index (χ1n) is 12.5. The van der Waals surface area contributed by atoms with Crippen LogP contribution in [0.1, 0.15) is 39.9 Å². The monoisotopic (exact) mass is 499 g/mol. The van der Waals surface area contributed by atoms with E-state index in [0.717, 1.165) is 35.2 Å². The normalized spacial score (nSPS) is 15.6. The lowest BCUT2D eigenvalue weighted by molar-refractivity contribution is -0.121. The molecule has 0 aliphatic carbocycles. The second-order valence-corrected chi connectivity index (χ2v) is 9.71. The van der Waals surface area contributed by atoms with Crippen molar-refractivity contribution < 1.29 is 14.0 Å². The van der Waals surface area contributed by atoms with Gasteiger partial charge in [-0.3, -0.25) is 9.59 Å². The number of nitrogens with one attached hydrogen (secondary N) is 1. The van der Waals surface area contributed by atoms with Crippen LogP contribution in [0, 0.1) is 32.5 Å². The third kappa shape index (κ3) is 4.91. The molecule has 1 atom stereocenters. The lowest BCUT2D eigenvalue weighted by Crippen LogP contribution is -2.44. The summed E-state index contributed by atoms with van der Waals surface area (Å²) in [6.45, 7) is 6.93. The highest BCUT2D eigenvalue weighted by Gasteiger charge is 2.32. The minimum absolute atomic E-state index is 0.0693. The van der Waals surface area contributed by atoms with Crippen molar-refractivity contribution in [3.8, 4) is 11.5 Å². The highest BCUT2D eigenvalue weighted by atomic mass is 19.1. The molecular formula is C29H30FN5O2. The van der Waals surface area contributed by atoms with Gasteiger partial charge < -0.3 is 14.8 Å². The predicted octanol–water partition coefficient (Wildman–Crippen LogP) is 5.22. The number of rotatable bonds is 5. The van der Waals surface area contributed by atoms with Crippen LogP contribution in [0.4, 0.5) is 10.1 Å². The minimum atomic E-state index is -0.344. The van der Waals surface area contributed by atoms with Gasteiger partial charge in [0.1, 0.15) is 11.4 Å². The SMILES string of the molecule is Cc1cc(C)c(NC(=O)[C@H]2CCCN(C(=O)c3cnn(-c4ccc(F)cc4)c3-n3cccc3)C2)c(C)c1. The van der Waals surface area contributed by atoms with Crippen LogP contribution in [-0.2, 0) is 4.79 Å². The quantitative estimate of drug-likeness (QED) is 0.409. The summed E-state index contributed by atoms with van der Waals surface area (Å²) in [6.07, 6.45) is 6.68. The van der Waals surface area contributed by atoms with Crippen molar-refractivity contribution in [2.45, 2.75) is 33.6 Å². The van der Waals surface area contributed by atoms with Gasteiger partial charge in [0.15, 0.2) is 5.82 Å². The van der Waals surface area contributed by atoms with Gasteiger partial charge in [0, 0.05) is 31.2 Å². The molecule has 1 N–H and O–H groups in total. The van der Waals surface area contributed by atoms with E-state index in [-0.39, 0.29) is 23.5 Å². The number of nitrogens with zero attached hydrogens (tertiary/aromatic N) is 4. The maximum absolute atomic E-state index is 13.8. The Hall–Kier alpha value is -4.20. The van der Waals surface area contributed by atoms with E-state index in [1.54, 1.807) is 27.9 Å². The number of carbonyl (C=O) groups is 2. The van der Waals surface area contributed by atoms with E-state index < -0.39 is 0 Å². The summed E-state index contributed by atoms with van der Waals surface area (Å²) >= 11 is 0. The van der Waals surface area contributed by atoms with Gasteiger partial charge in [-0.1, -0.05) is 17.7 Å². The van der Waals surface area contributed by atoms with E-state index in [1.807, 2.05) is 49.9 Å². The maximum Gasteiger partial charge on any atom is 0.259 e. The molecule has 1 aliphatic heterocycles. The van der Waals surface area contributed by atoms with Crippen molar-refractivity contribution in [1.82, 2.24) is 19.2 Å². The number of hydrogen-bond acceptors (Lipinski definition) is 3. The van der Waals surface area contributed by atoms with Gasteiger partial charge in [0.05, 0.1) is 17.8 Å². The fourth-order valence-corrected chi connectivity index (χ4v) is 5.14. The summed E-state index contributed by atoms with van der Waals surface area (Å²) in [5.41, 5.74) is 5.12. The van der Waals surface area contributed by atoms with Gasteiger partial charge >= 0.3 is 0 Å². The summed E-state index contributed by atoms with van der Waals surface area (Å²) in [6, 6.07) is 13.8. The molecule has 5 rings (SSSR count). The van der Waals surface area contributed by atoms with Crippen molar-refractivity contribution in [2.75, 3.05) is 18.4 Å². The number of anilines is 1. The van der Waals surface area contributed by atoms with Crippen molar-refractivity contribution in [2.24, 2.45) is 5.92 Å². The number of likely N-dealkylation sites (tertiary alicyclic amines) is 1. The first-order chi connectivity index (χ1) is 17.8. The van der Waals surface area contributed by atoms with E-state index >= 15 is 0 Å². The predicted molar refractivity (Wildman–Crippen MR) is 141 cm³/mol. The topological polar surface area (TPSA) is 72.2 Å². The largest absolute Gasteiger partial charge is 0.338 e. The Balaban J connectivity index is 1.40. The molecule has 0 saturated carbocycles. The lowest BCUT2D eigenvalue weighted by atomic mass is 9.96. The fourth-order valence-electron chi connectivity index (χ4n) is 5.14. The second-order valence-electron chi connectivity index (χ2n) is 9.71. The van der Waals surface area contributed by atoms with E-state index in [9.17, 15) is 14.0 Å². The summed E-state index contributed by atoms with van der Waals surface area (Å²) in [7, 11) is 0. The standard InChI is InChI=1S/C29H30FN5O2/c1-19-15-20(2)26(21(3)16-19)32-27(36)22-7-6-14-34(18-22)29(37)25-17-31-35(24-10-8-23(30)9-11-24)28(25)33-12-4-5-13-33/h4-5,8-13,15-17,22H,6-7,14,18H2,1-3H3,(H,32,36)/t22-/m0/s1. The van der Waals surface area contributed by atoms with Crippen molar-refractivity contribution in [1.29, 1.82) is 0 Å². The molecule has 8 heteroatoms. The van der Waals surface area contributed by atoms with Crippen molar-refractivity contribution in [3.05, 3.63) is 95.2 Å². The second kappa shape index (κ2) is 10.0. The number of piperidine rings is 1. The molecule has 1 saturated heterocycles. The fraction of sp³-hybridized carbons (Fsp3) is 0.276. The van der Waals surface area contributed by atoms with Crippen molar-refractivity contribution in [3.63, 3.8) is 0 Å². The van der Waals surface area contributed by atoms with Crippen LogP contribution in [0.2, 0.25) is 0 Å². The van der Waals surface area contributed by atoms with Gasteiger partial charge in [-0.05, 0) is 81.1 Å². The number of aryl methyl sites for hydroxylation is 3. The molecule has 0 spiro atoms. The summed E-state index contributed by atoms with van der Waals surface area (Å²) in [5, 5.41) is 7.58. The van der Waals surface area contributed by atoms with Crippen LogP contribution in [-0.4, -0.2) is 44.2 Å². The Labute approximate surface area is 215 Å². The zero-order valence-corrected chi connectivity index (χ0v) is 21.2. The van der Waals surface area contributed by atoms with E-state index in [4.69, 9.17) is 0 Å². The molecule has 7 nitrogen and oxygen atoms in total. The molecule has 1 aliphatic rings. The Morgan fingerprint density at radius 1 is 1.03 bits per heavy atom. The van der Waals surface area contributed by atoms with Crippen LogP contribution in [0.3, 0.4) is 0 Å². The molecule has 37 heavy (non-hydrogen) atoms. The molecule has 0 bridgehead atoms. The highest BCUT2D eigenvalue weighted by Crippen LogP contribution is 2.27. The Kier molecular flexibility index (Phi) is 6.65. The smallest absolute Gasteiger partial charge is 0.259 e. The molecule has 0 radical (unpaired) electrons. The number of aromatic nitrogens is 3. The summed E-state index contributed by atoms with van der Waals surface area (Å²) < 4.78 is 17.0. The Bertz CT molecular complexity index is 1420. The van der Waals surface area contributed by atoms with Gasteiger partial charge in [-0.15, -0.1) is 0 Å². The molecule has 190 valence electrons. The molecule has 0 unspecified atom stereocenters. The lowest BCUT2D eigenvalue weighted by Gasteiger charge is -2.32. The van der Waals surface area contributed by atoms with Crippen molar-refractivity contribution >= 4 is 17.5 Å². The number of carbonyl (C=O) groups excluding carboxylic acids is 2. The average Bonchev–Trinajstić information content (AvgIpc) is 3.56. The van der Waals surface area contributed by atoms with E-state index in [1.165, 1.54) is 12.1 Å². The van der Waals surface area contributed by atoms with Gasteiger partial charge in [0.25, 0.3) is 5.91 Å². The van der Waals surface area contributed by atoms with Crippen LogP contribution in [0.15, 0.2) is 67.1 Å². The van der Waals surface area contributed by atoms with Gasteiger partial charge in [0.2, 0.25) is 5.91 Å². The highest BCUT2D eigenvalue weighted by molar-refractivity contribution is 5.99. The minimum Gasteiger partial charge on any atom is -0.338 e. The zero-order chi connectivity index (χ0) is 26.1. The Morgan fingerprint density at radius 2 is 1.70 bits per heavy atom. The molecule has 4 aromatic rings. The number of benzene rings is 2. The molecule has 2 aromatic heterocycles. The third-order valence-corrected chi connectivity index (χ3v) is 6.90. The van der Waals surface area contributed by atoms with Crippen LogP contribution in [0.5, 0.6) is 0 Å². The average molecular weight is 500 g/mol. The molecule has 1 fully saturated rings. The first kappa shape index (κ1) is 24.5. The summed E-state index contributed by atoms with van der Waals surface area (Å²) in [5.74, 6) is -0.333. The van der Waals surface area contributed by atoms with Gasteiger partial charge in [-0.25, -0.2) is 9.07 Å². The maximum atomic E-state index is 13.8. The molecular weight excluding hydrogens is 469 g/mol. The van der Waals surface area contributed by atoms with E-state index in [2.05, 4.69) is 22.5 Å². The van der Waals surface area contributed by atoms with Crippen LogP contribution >= 0.6 is 0 Å².